The molecule has 2 amide bonds. The number of nitrogens with zero attached hydrogens (tertiary/aromatic N) is 2. The van der Waals surface area contributed by atoms with Crippen LogP contribution in [0.1, 0.15) is 62.7 Å². The normalized spacial score (nSPS) is 15.1. The first-order valence-electron chi connectivity index (χ1n) is 14.8. The minimum Gasteiger partial charge on any atom is -0.465 e. The second-order valence-electron chi connectivity index (χ2n) is 11.7. The van der Waals surface area contributed by atoms with Gasteiger partial charge in [-0.05, 0) is 68.1 Å². The van der Waals surface area contributed by atoms with Gasteiger partial charge in [0.1, 0.15) is 17.1 Å². The van der Waals surface area contributed by atoms with Gasteiger partial charge in [0.15, 0.2) is 0 Å². The SMILES string of the molecule is Cc1ccc([C@@H](NC(=O)Cc2ccc3oc([C@@H](c4c(C)noc4C)N4CC(NC(=O)O)C4)cc3c2)c2ccccc2)c(C)c1. The van der Waals surface area contributed by atoms with Gasteiger partial charge in [-0.15, -0.1) is 0 Å². The molecule has 3 N–H and O–H groups in total. The van der Waals surface area contributed by atoms with E-state index < -0.39 is 6.09 Å². The largest absolute Gasteiger partial charge is 0.465 e. The van der Waals surface area contributed by atoms with E-state index in [1.165, 1.54) is 5.56 Å². The van der Waals surface area contributed by atoms with Crippen molar-refractivity contribution in [1.82, 2.24) is 20.7 Å². The molecule has 2 aromatic heterocycles. The number of hydrogen-bond acceptors (Lipinski definition) is 6. The van der Waals surface area contributed by atoms with Crippen molar-refractivity contribution in [2.45, 2.75) is 52.2 Å². The number of benzene rings is 3. The summed E-state index contributed by atoms with van der Waals surface area (Å²) in [6.45, 7) is 8.98. The van der Waals surface area contributed by atoms with Crippen LogP contribution in [0.5, 0.6) is 0 Å². The highest BCUT2D eigenvalue weighted by atomic mass is 16.5. The number of carbonyl (C=O) groups excluding carboxylic acids is 1. The molecule has 0 aliphatic carbocycles. The topological polar surface area (TPSA) is 121 Å². The summed E-state index contributed by atoms with van der Waals surface area (Å²) < 4.78 is 11.8. The summed E-state index contributed by atoms with van der Waals surface area (Å²) in [6.07, 6.45) is -0.819. The number of fused-ring (bicyclic) bond motifs is 1. The van der Waals surface area contributed by atoms with Gasteiger partial charge >= 0.3 is 6.09 Å². The Morgan fingerprint density at radius 1 is 1.00 bits per heavy atom. The van der Waals surface area contributed by atoms with E-state index in [1.807, 2.05) is 68.4 Å². The molecule has 0 bridgehead atoms. The Kier molecular flexibility index (Phi) is 7.97. The second kappa shape index (κ2) is 12.0. The molecule has 5 aromatic rings. The van der Waals surface area contributed by atoms with Crippen LogP contribution < -0.4 is 10.6 Å². The van der Waals surface area contributed by atoms with E-state index in [2.05, 4.69) is 52.7 Å². The lowest BCUT2D eigenvalue weighted by atomic mass is 9.93. The summed E-state index contributed by atoms with van der Waals surface area (Å²) >= 11 is 0. The fourth-order valence-electron chi connectivity index (χ4n) is 6.27. The van der Waals surface area contributed by atoms with E-state index in [0.717, 1.165) is 38.9 Å². The maximum Gasteiger partial charge on any atom is 0.404 e. The van der Waals surface area contributed by atoms with Crippen molar-refractivity contribution in [2.24, 2.45) is 0 Å². The molecule has 1 aliphatic rings. The second-order valence-corrected chi connectivity index (χ2v) is 11.7. The molecule has 0 spiro atoms. The minimum absolute atomic E-state index is 0.0759. The van der Waals surface area contributed by atoms with Crippen LogP contribution in [0.2, 0.25) is 0 Å². The molecule has 9 nitrogen and oxygen atoms in total. The summed E-state index contributed by atoms with van der Waals surface area (Å²) in [6, 6.07) is 23.4. The molecule has 3 aromatic carbocycles. The number of furan rings is 1. The van der Waals surface area contributed by atoms with Crippen LogP contribution in [-0.2, 0) is 11.2 Å². The third kappa shape index (κ3) is 5.96. The molecular weight excluding hydrogens is 556 g/mol. The number of aromatic nitrogens is 1. The zero-order chi connectivity index (χ0) is 31.0. The van der Waals surface area contributed by atoms with Crippen molar-refractivity contribution >= 4 is 23.0 Å². The lowest BCUT2D eigenvalue weighted by Crippen LogP contribution is -2.60. The van der Waals surface area contributed by atoms with E-state index in [-0.39, 0.29) is 30.5 Å². The number of rotatable bonds is 9. The van der Waals surface area contributed by atoms with Gasteiger partial charge in [0, 0.05) is 24.0 Å². The monoisotopic (exact) mass is 592 g/mol. The number of likely N-dealkylation sites (tertiary alicyclic amines) is 1. The van der Waals surface area contributed by atoms with Crippen molar-refractivity contribution in [3.8, 4) is 0 Å². The Morgan fingerprint density at radius 2 is 1.77 bits per heavy atom. The van der Waals surface area contributed by atoms with Gasteiger partial charge in [0.05, 0.1) is 30.2 Å². The van der Waals surface area contributed by atoms with Crippen LogP contribution >= 0.6 is 0 Å². The first kappa shape index (κ1) is 29.2. The lowest BCUT2D eigenvalue weighted by Gasteiger charge is -2.43. The number of nitrogens with one attached hydrogen (secondary N) is 2. The smallest absolute Gasteiger partial charge is 0.404 e. The average molecular weight is 593 g/mol. The molecule has 6 rings (SSSR count). The predicted octanol–water partition coefficient (Wildman–Crippen LogP) is 6.14. The minimum atomic E-state index is -1.03. The summed E-state index contributed by atoms with van der Waals surface area (Å²) in [5.41, 5.74) is 7.67. The van der Waals surface area contributed by atoms with E-state index in [1.54, 1.807) is 0 Å². The van der Waals surface area contributed by atoms with Crippen LogP contribution in [0.4, 0.5) is 4.79 Å². The van der Waals surface area contributed by atoms with Gasteiger partial charge < -0.3 is 24.7 Å². The molecule has 0 radical (unpaired) electrons. The quantitative estimate of drug-likeness (QED) is 0.188. The third-order valence-corrected chi connectivity index (χ3v) is 8.37. The molecule has 0 saturated carbocycles. The molecule has 2 atom stereocenters. The number of carboxylic acid groups (broad SMARTS) is 1. The zero-order valence-corrected chi connectivity index (χ0v) is 25.3. The molecule has 1 fully saturated rings. The summed E-state index contributed by atoms with van der Waals surface area (Å²) in [5, 5.41) is 20.0. The number of amides is 2. The van der Waals surface area contributed by atoms with Crippen LogP contribution in [0, 0.1) is 27.7 Å². The first-order valence-corrected chi connectivity index (χ1v) is 14.8. The lowest BCUT2D eigenvalue weighted by molar-refractivity contribution is -0.120. The number of hydrogen-bond donors (Lipinski definition) is 3. The van der Waals surface area contributed by atoms with Gasteiger partial charge in [0.2, 0.25) is 5.91 Å². The Bertz CT molecular complexity index is 1800. The number of aryl methyl sites for hydroxylation is 4. The summed E-state index contributed by atoms with van der Waals surface area (Å²) in [5.74, 6) is 1.33. The van der Waals surface area contributed by atoms with Gasteiger partial charge in [-0.3, -0.25) is 9.69 Å². The summed E-state index contributed by atoms with van der Waals surface area (Å²) in [7, 11) is 0. The highest BCUT2D eigenvalue weighted by Gasteiger charge is 2.39. The predicted molar refractivity (Wildman–Crippen MR) is 167 cm³/mol. The highest BCUT2D eigenvalue weighted by Crippen LogP contribution is 2.38. The zero-order valence-electron chi connectivity index (χ0n) is 25.3. The number of carbonyl (C=O) groups is 2. The van der Waals surface area contributed by atoms with Crippen LogP contribution in [0.3, 0.4) is 0 Å². The van der Waals surface area contributed by atoms with Crippen LogP contribution in [-0.4, -0.2) is 46.3 Å². The standard InChI is InChI=1S/C35H36N4O5/c1-20-10-12-28(21(2)14-20)33(25-8-6-5-7-9-25)37-31(40)16-24-11-13-29-26(15-24)17-30(43-29)34(32-22(3)38-44-23(32)4)39-18-27(19-39)36-35(41)42/h5-15,17,27,33-34,36H,16,18-19H2,1-4H3,(H,37,40)(H,41,42)/t33-,34-/m0/s1. The Hall–Kier alpha value is -4.89. The molecular formula is C35H36N4O5. The van der Waals surface area contributed by atoms with Gasteiger partial charge in [-0.25, -0.2) is 4.79 Å². The molecule has 1 saturated heterocycles. The van der Waals surface area contributed by atoms with E-state index in [0.29, 0.717) is 30.2 Å². The Labute approximate surface area is 255 Å². The summed E-state index contributed by atoms with van der Waals surface area (Å²) in [4.78, 5) is 26.8. The molecule has 0 unspecified atom stereocenters. The van der Waals surface area contributed by atoms with E-state index in [9.17, 15) is 9.59 Å². The third-order valence-electron chi connectivity index (χ3n) is 8.37. The van der Waals surface area contributed by atoms with Gasteiger partial charge in [-0.2, -0.15) is 0 Å². The van der Waals surface area contributed by atoms with Gasteiger partial charge in [-0.1, -0.05) is 65.3 Å². The molecule has 226 valence electrons. The molecule has 44 heavy (non-hydrogen) atoms. The highest BCUT2D eigenvalue weighted by molar-refractivity contribution is 5.83. The molecule has 9 heteroatoms. The molecule has 3 heterocycles. The average Bonchev–Trinajstić information content (AvgIpc) is 3.53. The van der Waals surface area contributed by atoms with Crippen molar-refractivity contribution in [2.75, 3.05) is 13.1 Å². The Morgan fingerprint density at radius 3 is 2.45 bits per heavy atom. The maximum atomic E-state index is 13.5. The van der Waals surface area contributed by atoms with Crippen LogP contribution in [0.25, 0.3) is 11.0 Å². The molecule has 1 aliphatic heterocycles. The maximum absolute atomic E-state index is 13.5. The van der Waals surface area contributed by atoms with Crippen molar-refractivity contribution in [3.63, 3.8) is 0 Å². The van der Waals surface area contributed by atoms with Gasteiger partial charge in [0.25, 0.3) is 0 Å². The van der Waals surface area contributed by atoms with E-state index >= 15 is 0 Å². The van der Waals surface area contributed by atoms with Crippen molar-refractivity contribution < 1.29 is 23.6 Å². The first-order chi connectivity index (χ1) is 21.2. The fraction of sp³-hybridized carbons (Fsp3) is 0.286. The van der Waals surface area contributed by atoms with Crippen molar-refractivity contribution in [3.05, 3.63) is 123 Å². The Balaban J connectivity index is 1.24. The van der Waals surface area contributed by atoms with E-state index in [4.69, 9.17) is 14.0 Å². The van der Waals surface area contributed by atoms with Crippen molar-refractivity contribution in [1.29, 1.82) is 0 Å². The fourth-order valence-corrected chi connectivity index (χ4v) is 6.27. The van der Waals surface area contributed by atoms with Crippen LogP contribution in [0.15, 0.2) is 81.7 Å².